The summed E-state index contributed by atoms with van der Waals surface area (Å²) >= 11 is 0. The first-order chi connectivity index (χ1) is 12.3. The van der Waals surface area contributed by atoms with Gasteiger partial charge in [-0.25, -0.2) is 0 Å². The zero-order valence-electron chi connectivity index (χ0n) is 14.0. The number of rotatable bonds is 3. The van der Waals surface area contributed by atoms with Crippen LogP contribution in [-0.4, -0.2) is 59.8 Å². The second kappa shape index (κ2) is 6.55. The summed E-state index contributed by atoms with van der Waals surface area (Å²) in [5.74, 6) is -0.0209. The van der Waals surface area contributed by atoms with Gasteiger partial charge in [-0.2, -0.15) is 0 Å². The third-order valence-corrected chi connectivity index (χ3v) is 4.92. The SMILES string of the molecule is O=CN1CCN(C(=O)c2cncc(N3CCc4ccccc43)c2)CC1. The predicted molar refractivity (Wildman–Crippen MR) is 94.9 cm³/mol. The molecule has 1 saturated heterocycles. The molecule has 2 aliphatic rings. The Morgan fingerprint density at radius 1 is 1.04 bits per heavy atom. The summed E-state index contributed by atoms with van der Waals surface area (Å²) in [4.78, 5) is 33.6. The number of benzene rings is 1. The van der Waals surface area contributed by atoms with Crippen molar-refractivity contribution in [3.8, 4) is 0 Å². The maximum absolute atomic E-state index is 12.8. The van der Waals surface area contributed by atoms with Crippen molar-refractivity contribution in [1.82, 2.24) is 14.8 Å². The molecule has 4 rings (SSSR count). The topological polar surface area (TPSA) is 56.8 Å². The lowest BCUT2D eigenvalue weighted by molar-refractivity contribution is -0.119. The number of pyridine rings is 1. The second-order valence-electron chi connectivity index (χ2n) is 6.40. The van der Waals surface area contributed by atoms with E-state index in [1.807, 2.05) is 18.3 Å². The molecule has 2 amide bonds. The molecule has 0 saturated carbocycles. The molecule has 6 heteroatoms. The Morgan fingerprint density at radius 3 is 2.64 bits per heavy atom. The minimum absolute atomic E-state index is 0.0209. The fourth-order valence-corrected chi connectivity index (χ4v) is 3.51. The maximum atomic E-state index is 12.8. The molecule has 0 aliphatic carbocycles. The van der Waals surface area contributed by atoms with Gasteiger partial charge in [0.1, 0.15) is 0 Å². The van der Waals surface area contributed by atoms with Crippen LogP contribution in [0.5, 0.6) is 0 Å². The van der Waals surface area contributed by atoms with Crippen molar-refractivity contribution < 1.29 is 9.59 Å². The average Bonchev–Trinajstić information content (AvgIpc) is 3.12. The van der Waals surface area contributed by atoms with Gasteiger partial charge in [-0.05, 0) is 24.1 Å². The lowest BCUT2D eigenvalue weighted by atomic mass is 10.1. The van der Waals surface area contributed by atoms with E-state index >= 15 is 0 Å². The molecule has 128 valence electrons. The number of nitrogens with zero attached hydrogens (tertiary/aromatic N) is 4. The van der Waals surface area contributed by atoms with Crippen molar-refractivity contribution in [3.63, 3.8) is 0 Å². The number of carbonyl (C=O) groups excluding carboxylic acids is 2. The molecular weight excluding hydrogens is 316 g/mol. The second-order valence-corrected chi connectivity index (χ2v) is 6.40. The van der Waals surface area contributed by atoms with Gasteiger partial charge in [-0.1, -0.05) is 18.2 Å². The third kappa shape index (κ3) is 2.95. The Kier molecular flexibility index (Phi) is 4.09. The molecule has 0 bridgehead atoms. The van der Waals surface area contributed by atoms with Crippen LogP contribution in [-0.2, 0) is 11.2 Å². The van der Waals surface area contributed by atoms with Gasteiger partial charge in [-0.3, -0.25) is 14.6 Å². The highest BCUT2D eigenvalue weighted by molar-refractivity contribution is 5.95. The van der Waals surface area contributed by atoms with Crippen LogP contribution < -0.4 is 4.90 Å². The van der Waals surface area contributed by atoms with Crippen molar-refractivity contribution in [3.05, 3.63) is 53.9 Å². The Labute approximate surface area is 146 Å². The van der Waals surface area contributed by atoms with Crippen LogP contribution >= 0.6 is 0 Å². The van der Waals surface area contributed by atoms with E-state index in [4.69, 9.17) is 0 Å². The van der Waals surface area contributed by atoms with Gasteiger partial charge < -0.3 is 14.7 Å². The van der Waals surface area contributed by atoms with Gasteiger partial charge in [0.15, 0.2) is 0 Å². The molecule has 0 radical (unpaired) electrons. The van der Waals surface area contributed by atoms with E-state index in [0.29, 0.717) is 31.7 Å². The minimum Gasteiger partial charge on any atom is -0.342 e. The van der Waals surface area contributed by atoms with Crippen molar-refractivity contribution in [2.45, 2.75) is 6.42 Å². The molecule has 0 unspecified atom stereocenters. The Morgan fingerprint density at radius 2 is 1.84 bits per heavy atom. The number of aromatic nitrogens is 1. The van der Waals surface area contributed by atoms with Gasteiger partial charge in [0.25, 0.3) is 5.91 Å². The number of piperazine rings is 1. The van der Waals surface area contributed by atoms with Crippen LogP contribution in [0.4, 0.5) is 11.4 Å². The van der Waals surface area contributed by atoms with Gasteiger partial charge in [0.05, 0.1) is 17.4 Å². The summed E-state index contributed by atoms with van der Waals surface area (Å²) in [6, 6.07) is 10.3. The summed E-state index contributed by atoms with van der Waals surface area (Å²) in [7, 11) is 0. The molecule has 1 aromatic carbocycles. The van der Waals surface area contributed by atoms with Crippen LogP contribution in [0, 0.1) is 0 Å². The molecule has 3 heterocycles. The van der Waals surface area contributed by atoms with Crippen LogP contribution in [0.3, 0.4) is 0 Å². The Hall–Kier alpha value is -2.89. The third-order valence-electron chi connectivity index (χ3n) is 4.92. The first kappa shape index (κ1) is 15.6. The number of para-hydroxylation sites is 1. The van der Waals surface area contributed by atoms with E-state index in [-0.39, 0.29) is 5.91 Å². The summed E-state index contributed by atoms with van der Waals surface area (Å²) in [6.07, 6.45) is 5.28. The molecule has 1 fully saturated rings. The molecule has 1 aromatic heterocycles. The van der Waals surface area contributed by atoms with Crippen molar-refractivity contribution >= 4 is 23.7 Å². The number of amides is 2. The zero-order chi connectivity index (χ0) is 17.2. The molecular formula is C19H20N4O2. The highest BCUT2D eigenvalue weighted by atomic mass is 16.2. The smallest absolute Gasteiger partial charge is 0.255 e. The monoisotopic (exact) mass is 336 g/mol. The molecule has 25 heavy (non-hydrogen) atoms. The standard InChI is InChI=1S/C19H20N4O2/c24-14-21-7-9-22(10-8-21)19(25)16-11-17(13-20-12-16)23-6-5-15-3-1-2-4-18(15)23/h1-4,11-14H,5-10H2. The van der Waals surface area contributed by atoms with Gasteiger partial charge >= 0.3 is 0 Å². The molecule has 2 aromatic rings. The molecule has 2 aliphatic heterocycles. The largest absolute Gasteiger partial charge is 0.342 e. The molecule has 0 N–H and O–H groups in total. The van der Waals surface area contributed by atoms with Crippen LogP contribution in [0.15, 0.2) is 42.7 Å². The fourth-order valence-electron chi connectivity index (χ4n) is 3.51. The summed E-state index contributed by atoms with van der Waals surface area (Å²) < 4.78 is 0. The Balaban J connectivity index is 1.54. The van der Waals surface area contributed by atoms with Crippen LogP contribution in [0.25, 0.3) is 0 Å². The zero-order valence-corrected chi connectivity index (χ0v) is 14.0. The number of hydrogen-bond donors (Lipinski definition) is 0. The van der Waals surface area contributed by atoms with E-state index in [0.717, 1.165) is 25.1 Å². The van der Waals surface area contributed by atoms with Gasteiger partial charge in [0.2, 0.25) is 6.41 Å². The summed E-state index contributed by atoms with van der Waals surface area (Å²) in [5, 5.41) is 0. The van der Waals surface area contributed by atoms with Crippen molar-refractivity contribution in [1.29, 1.82) is 0 Å². The summed E-state index contributed by atoms with van der Waals surface area (Å²) in [6.45, 7) is 3.20. The van der Waals surface area contributed by atoms with Crippen molar-refractivity contribution in [2.75, 3.05) is 37.6 Å². The highest BCUT2D eigenvalue weighted by Crippen LogP contribution is 2.34. The highest BCUT2D eigenvalue weighted by Gasteiger charge is 2.24. The molecule has 0 atom stereocenters. The lowest BCUT2D eigenvalue weighted by Crippen LogP contribution is -2.48. The maximum Gasteiger partial charge on any atom is 0.255 e. The van der Waals surface area contributed by atoms with E-state index in [1.54, 1.807) is 16.0 Å². The van der Waals surface area contributed by atoms with E-state index in [9.17, 15) is 9.59 Å². The van der Waals surface area contributed by atoms with Gasteiger partial charge in [-0.15, -0.1) is 0 Å². The first-order valence-corrected chi connectivity index (χ1v) is 8.55. The summed E-state index contributed by atoms with van der Waals surface area (Å²) in [5.41, 5.74) is 4.06. The molecule has 6 nitrogen and oxygen atoms in total. The van der Waals surface area contributed by atoms with E-state index in [1.165, 1.54) is 11.3 Å². The van der Waals surface area contributed by atoms with Gasteiger partial charge in [0, 0.05) is 44.6 Å². The average molecular weight is 336 g/mol. The van der Waals surface area contributed by atoms with Crippen molar-refractivity contribution in [2.24, 2.45) is 0 Å². The lowest BCUT2D eigenvalue weighted by Gasteiger charge is -2.32. The fraction of sp³-hybridized carbons (Fsp3) is 0.316. The van der Waals surface area contributed by atoms with E-state index in [2.05, 4.69) is 28.1 Å². The normalized spacial score (nSPS) is 16.7. The van der Waals surface area contributed by atoms with E-state index < -0.39 is 0 Å². The van der Waals surface area contributed by atoms with Crippen LogP contribution in [0.1, 0.15) is 15.9 Å². The molecule has 0 spiro atoms. The first-order valence-electron chi connectivity index (χ1n) is 8.55. The minimum atomic E-state index is -0.0209. The van der Waals surface area contributed by atoms with Crippen LogP contribution in [0.2, 0.25) is 0 Å². The number of carbonyl (C=O) groups is 2. The Bertz CT molecular complexity index is 800. The predicted octanol–water partition coefficient (Wildman–Crippen LogP) is 1.69. The number of hydrogen-bond acceptors (Lipinski definition) is 4. The number of fused-ring (bicyclic) bond motifs is 1. The quantitative estimate of drug-likeness (QED) is 0.801. The number of anilines is 2.